The van der Waals surface area contributed by atoms with Crippen LogP contribution < -0.4 is 0 Å². The second-order valence-electron chi connectivity index (χ2n) is 9.32. The van der Waals surface area contributed by atoms with Gasteiger partial charge in [-0.3, -0.25) is 4.79 Å². The molecule has 2 nitrogen and oxygen atoms in total. The van der Waals surface area contributed by atoms with Gasteiger partial charge in [-0.25, -0.2) is 0 Å². The molecule has 0 saturated heterocycles. The largest absolute Gasteiger partial charge is 0.417 e. The Kier molecular flexibility index (Phi) is 4.56. The van der Waals surface area contributed by atoms with E-state index < -0.39 is 8.32 Å². The van der Waals surface area contributed by atoms with E-state index in [1.807, 2.05) is 6.08 Å². The number of fused-ring (bicyclic) bond motifs is 2. The van der Waals surface area contributed by atoms with Gasteiger partial charge >= 0.3 is 0 Å². The first-order valence-electron chi connectivity index (χ1n) is 8.75. The zero-order chi connectivity index (χ0) is 16.9. The average Bonchev–Trinajstić information content (AvgIpc) is 2.82. The minimum Gasteiger partial charge on any atom is -0.417 e. The van der Waals surface area contributed by atoms with Crippen LogP contribution in [0.2, 0.25) is 18.1 Å². The first kappa shape index (κ1) is 17.9. The lowest BCUT2D eigenvalue weighted by atomic mass is 9.64. The van der Waals surface area contributed by atoms with Crippen LogP contribution in [-0.4, -0.2) is 20.7 Å². The standard InChI is InChI=1S/C19H34O2Si/c1-9-10-19(6)16-11-14(17(19)20)15(13(16)2)12-21-22(7,8)18(3,4)5/h9,13-16H,1,10-12H2,2-8H3/t13-,14+,15+,16-,19-/m1/s1. The van der Waals surface area contributed by atoms with Gasteiger partial charge in [0.05, 0.1) is 0 Å². The third-order valence-electron chi connectivity index (χ3n) is 7.06. The van der Waals surface area contributed by atoms with Crippen molar-refractivity contribution in [3.63, 3.8) is 0 Å². The van der Waals surface area contributed by atoms with Gasteiger partial charge in [-0.05, 0) is 48.7 Å². The molecule has 0 heterocycles. The molecule has 0 aliphatic heterocycles. The number of hydrogen-bond donors (Lipinski definition) is 0. The van der Waals surface area contributed by atoms with Gasteiger partial charge in [0, 0.05) is 17.9 Å². The zero-order valence-corrected chi connectivity index (χ0v) is 16.5. The Morgan fingerprint density at radius 1 is 1.41 bits per heavy atom. The van der Waals surface area contributed by atoms with Crippen molar-refractivity contribution in [2.45, 2.75) is 65.6 Å². The number of rotatable bonds is 5. The molecule has 2 fully saturated rings. The van der Waals surface area contributed by atoms with Crippen LogP contribution in [0.15, 0.2) is 12.7 Å². The van der Waals surface area contributed by atoms with Crippen molar-refractivity contribution in [3.05, 3.63) is 12.7 Å². The van der Waals surface area contributed by atoms with E-state index in [4.69, 9.17) is 4.43 Å². The van der Waals surface area contributed by atoms with Crippen molar-refractivity contribution in [3.8, 4) is 0 Å². The summed E-state index contributed by atoms with van der Waals surface area (Å²) in [6.45, 7) is 20.5. The van der Waals surface area contributed by atoms with E-state index in [0.717, 1.165) is 19.4 Å². The third kappa shape index (κ3) is 2.64. The minimum atomic E-state index is -1.73. The highest BCUT2D eigenvalue weighted by Crippen LogP contribution is 2.60. The highest BCUT2D eigenvalue weighted by molar-refractivity contribution is 6.74. The van der Waals surface area contributed by atoms with Crippen molar-refractivity contribution < 1.29 is 9.22 Å². The maximum Gasteiger partial charge on any atom is 0.191 e. The number of carbonyl (C=O) groups excluding carboxylic acids is 1. The smallest absolute Gasteiger partial charge is 0.191 e. The lowest BCUT2D eigenvalue weighted by Gasteiger charge is -2.42. The van der Waals surface area contributed by atoms with Gasteiger partial charge in [-0.15, -0.1) is 6.58 Å². The molecule has 0 radical (unpaired) electrons. The summed E-state index contributed by atoms with van der Waals surface area (Å²) >= 11 is 0. The van der Waals surface area contributed by atoms with E-state index >= 15 is 0 Å². The Hall–Kier alpha value is -0.413. The quantitative estimate of drug-likeness (QED) is 0.522. The molecule has 126 valence electrons. The first-order chi connectivity index (χ1) is 9.95. The molecule has 0 aromatic heterocycles. The highest BCUT2D eigenvalue weighted by atomic mass is 28.4. The molecule has 2 bridgehead atoms. The Morgan fingerprint density at radius 2 is 2.00 bits per heavy atom. The molecular formula is C19H34O2Si. The van der Waals surface area contributed by atoms with Crippen LogP contribution in [0.4, 0.5) is 0 Å². The van der Waals surface area contributed by atoms with E-state index in [1.54, 1.807) is 0 Å². The SMILES string of the molecule is C=CC[C@@]1(C)C(=O)[C@H]2C[C@@H]1[C@H](C)[C@@H]2CO[Si](C)(C)C(C)(C)C. The second kappa shape index (κ2) is 5.59. The summed E-state index contributed by atoms with van der Waals surface area (Å²) in [6, 6.07) is 0. The summed E-state index contributed by atoms with van der Waals surface area (Å²) in [5.41, 5.74) is -0.167. The van der Waals surface area contributed by atoms with Gasteiger partial charge in [0.25, 0.3) is 0 Å². The van der Waals surface area contributed by atoms with Crippen LogP contribution in [-0.2, 0) is 9.22 Å². The monoisotopic (exact) mass is 322 g/mol. The second-order valence-corrected chi connectivity index (χ2v) is 14.1. The van der Waals surface area contributed by atoms with Gasteiger partial charge in [-0.1, -0.05) is 40.7 Å². The Balaban J connectivity index is 2.09. The van der Waals surface area contributed by atoms with Crippen LogP contribution in [0.5, 0.6) is 0 Å². The average molecular weight is 323 g/mol. The van der Waals surface area contributed by atoms with Crippen LogP contribution in [0.1, 0.15) is 47.5 Å². The van der Waals surface area contributed by atoms with Gasteiger partial charge in [0.1, 0.15) is 5.78 Å². The third-order valence-corrected chi connectivity index (χ3v) is 11.6. The molecule has 5 atom stereocenters. The molecular weight excluding hydrogens is 288 g/mol. The Morgan fingerprint density at radius 3 is 2.50 bits per heavy atom. The fraction of sp³-hybridized carbons (Fsp3) is 0.842. The lowest BCUT2D eigenvalue weighted by Crippen LogP contribution is -2.46. The van der Waals surface area contributed by atoms with E-state index in [-0.39, 0.29) is 16.4 Å². The fourth-order valence-electron chi connectivity index (χ4n) is 4.42. The summed E-state index contributed by atoms with van der Waals surface area (Å²) in [7, 11) is -1.73. The van der Waals surface area contributed by atoms with Crippen molar-refractivity contribution in [1.29, 1.82) is 0 Å². The number of hydrogen-bond acceptors (Lipinski definition) is 2. The summed E-state index contributed by atoms with van der Waals surface area (Å²) in [6.07, 6.45) is 3.81. The molecule has 22 heavy (non-hydrogen) atoms. The summed E-state index contributed by atoms with van der Waals surface area (Å²) in [5, 5.41) is 0.231. The Bertz CT molecular complexity index is 463. The number of ketones is 1. The molecule has 0 aromatic rings. The summed E-state index contributed by atoms with van der Waals surface area (Å²) < 4.78 is 6.44. The van der Waals surface area contributed by atoms with Crippen molar-refractivity contribution in [2.75, 3.05) is 6.61 Å². The van der Waals surface area contributed by atoms with Crippen LogP contribution in [0.3, 0.4) is 0 Å². The molecule has 2 saturated carbocycles. The number of Topliss-reactive ketones (excluding diaryl/α,β-unsaturated/α-hetero) is 1. The highest BCUT2D eigenvalue weighted by Gasteiger charge is 2.61. The van der Waals surface area contributed by atoms with Crippen molar-refractivity contribution in [1.82, 2.24) is 0 Å². The zero-order valence-electron chi connectivity index (χ0n) is 15.5. The summed E-state index contributed by atoms with van der Waals surface area (Å²) in [4.78, 5) is 12.9. The van der Waals surface area contributed by atoms with Crippen LogP contribution >= 0.6 is 0 Å². The van der Waals surface area contributed by atoms with Crippen molar-refractivity contribution >= 4 is 14.1 Å². The van der Waals surface area contributed by atoms with E-state index in [2.05, 4.69) is 54.3 Å². The number of allylic oxidation sites excluding steroid dienone is 1. The predicted molar refractivity (Wildman–Crippen MR) is 95.3 cm³/mol. The Labute approximate surface area is 137 Å². The molecule has 2 rings (SSSR count). The van der Waals surface area contributed by atoms with Crippen molar-refractivity contribution in [2.24, 2.45) is 29.1 Å². The molecule has 0 N–H and O–H groups in total. The normalized spacial score (nSPS) is 38.6. The van der Waals surface area contributed by atoms with E-state index in [9.17, 15) is 4.79 Å². The first-order valence-corrected chi connectivity index (χ1v) is 11.7. The predicted octanol–water partition coefficient (Wildman–Crippen LogP) is 5.06. The van der Waals surface area contributed by atoms with Crippen LogP contribution in [0, 0.1) is 29.1 Å². The van der Waals surface area contributed by atoms with Gasteiger partial charge in [0.15, 0.2) is 8.32 Å². The molecule has 0 amide bonds. The van der Waals surface area contributed by atoms with Gasteiger partial charge < -0.3 is 4.43 Å². The van der Waals surface area contributed by atoms with Crippen LogP contribution in [0.25, 0.3) is 0 Å². The lowest BCUT2D eigenvalue weighted by molar-refractivity contribution is -0.136. The van der Waals surface area contributed by atoms with E-state index in [1.165, 1.54) is 0 Å². The fourth-order valence-corrected chi connectivity index (χ4v) is 5.46. The molecule has 0 unspecified atom stereocenters. The maximum absolute atomic E-state index is 12.9. The molecule has 0 spiro atoms. The molecule has 0 aromatic carbocycles. The maximum atomic E-state index is 12.9. The molecule has 3 heteroatoms. The molecule has 2 aliphatic rings. The van der Waals surface area contributed by atoms with Gasteiger partial charge in [0.2, 0.25) is 0 Å². The van der Waals surface area contributed by atoms with E-state index in [0.29, 0.717) is 23.5 Å². The van der Waals surface area contributed by atoms with Gasteiger partial charge in [-0.2, -0.15) is 0 Å². The summed E-state index contributed by atoms with van der Waals surface area (Å²) in [5.74, 6) is 2.20. The topological polar surface area (TPSA) is 26.3 Å². The minimum absolute atomic E-state index is 0.167. The molecule has 2 aliphatic carbocycles. The number of carbonyl (C=O) groups is 1.